The summed E-state index contributed by atoms with van der Waals surface area (Å²) in [6, 6.07) is 8.28. The van der Waals surface area contributed by atoms with Crippen LogP contribution in [0, 0.1) is 5.82 Å². The quantitative estimate of drug-likeness (QED) is 0.672. The fraction of sp³-hybridized carbons (Fsp3) is 0.0769. The van der Waals surface area contributed by atoms with E-state index in [2.05, 4.69) is 10.1 Å². The molecule has 0 aliphatic rings. The molecule has 0 radical (unpaired) electrons. The number of rotatable bonds is 1. The number of aromatic nitrogens is 3. The van der Waals surface area contributed by atoms with Gasteiger partial charge in [0.1, 0.15) is 11.3 Å². The van der Waals surface area contributed by atoms with Gasteiger partial charge in [-0.25, -0.2) is 9.37 Å². The Labute approximate surface area is 108 Å². The maximum Gasteiger partial charge on any atom is 0.149 e. The molecule has 0 atom stereocenters. The average Bonchev–Trinajstić information content (AvgIpc) is 2.77. The van der Waals surface area contributed by atoms with Crippen molar-refractivity contribution in [3.8, 4) is 11.4 Å². The minimum absolute atomic E-state index is 0.279. The van der Waals surface area contributed by atoms with Gasteiger partial charge in [0.05, 0.1) is 16.4 Å². The highest BCUT2D eigenvalue weighted by molar-refractivity contribution is 6.35. The lowest BCUT2D eigenvalue weighted by Gasteiger charge is -2.06. The van der Waals surface area contributed by atoms with E-state index in [1.165, 1.54) is 6.07 Å². The van der Waals surface area contributed by atoms with Crippen LogP contribution < -0.4 is 0 Å². The number of hydrogen-bond donors (Lipinski definition) is 0. The van der Waals surface area contributed by atoms with Crippen LogP contribution in [-0.2, 0) is 7.05 Å². The molecule has 0 unspecified atom stereocenters. The molecule has 2 heterocycles. The lowest BCUT2D eigenvalue weighted by atomic mass is 10.1. The van der Waals surface area contributed by atoms with E-state index in [0.717, 1.165) is 5.69 Å². The highest BCUT2D eigenvalue weighted by Gasteiger charge is 2.11. The highest BCUT2D eigenvalue weighted by atomic mass is 35.5. The van der Waals surface area contributed by atoms with Crippen molar-refractivity contribution in [2.45, 2.75) is 0 Å². The number of benzene rings is 1. The third kappa shape index (κ3) is 1.66. The second kappa shape index (κ2) is 4.07. The van der Waals surface area contributed by atoms with Crippen molar-refractivity contribution in [3.63, 3.8) is 0 Å². The number of hydrogen-bond acceptors (Lipinski definition) is 2. The van der Waals surface area contributed by atoms with Gasteiger partial charge in [-0.2, -0.15) is 5.10 Å². The van der Waals surface area contributed by atoms with Crippen molar-refractivity contribution < 1.29 is 4.39 Å². The van der Waals surface area contributed by atoms with Crippen molar-refractivity contribution in [3.05, 3.63) is 47.4 Å². The summed E-state index contributed by atoms with van der Waals surface area (Å²) in [6.45, 7) is 0. The number of halogens is 2. The van der Waals surface area contributed by atoms with Crippen molar-refractivity contribution in [2.24, 2.45) is 7.05 Å². The maximum atomic E-state index is 13.7. The molecule has 18 heavy (non-hydrogen) atoms. The van der Waals surface area contributed by atoms with Crippen LogP contribution in [0.4, 0.5) is 4.39 Å². The summed E-state index contributed by atoms with van der Waals surface area (Å²) in [4.78, 5) is 4.32. The van der Waals surface area contributed by atoms with E-state index in [0.29, 0.717) is 16.1 Å². The number of fused-ring (bicyclic) bond motifs is 1. The number of nitrogens with zero attached hydrogens (tertiary/aromatic N) is 3. The Morgan fingerprint density at radius 1 is 1.28 bits per heavy atom. The molecule has 3 nitrogen and oxygen atoms in total. The first-order valence-corrected chi connectivity index (χ1v) is 5.78. The molecule has 5 heteroatoms. The summed E-state index contributed by atoms with van der Waals surface area (Å²) in [5, 5.41) is 5.16. The minimum atomic E-state index is -0.376. The van der Waals surface area contributed by atoms with Crippen LogP contribution >= 0.6 is 11.6 Å². The zero-order valence-electron chi connectivity index (χ0n) is 9.56. The summed E-state index contributed by atoms with van der Waals surface area (Å²) in [7, 11) is 1.80. The van der Waals surface area contributed by atoms with Gasteiger partial charge in [-0.3, -0.25) is 4.68 Å². The van der Waals surface area contributed by atoms with E-state index >= 15 is 0 Å². The molecule has 0 spiro atoms. The molecule has 0 aliphatic carbocycles. The standard InChI is InChI=1S/C13H9ClFN3/c1-18-12(5-6-16-18)11-7-9(14)8-3-2-4-10(15)13(8)17-11/h2-7H,1H3. The molecule has 2 aromatic heterocycles. The minimum Gasteiger partial charge on any atom is -0.266 e. The SMILES string of the molecule is Cn1nccc1-c1cc(Cl)c2cccc(F)c2n1. The van der Waals surface area contributed by atoms with Gasteiger partial charge in [0.2, 0.25) is 0 Å². The summed E-state index contributed by atoms with van der Waals surface area (Å²) < 4.78 is 15.4. The third-order valence-electron chi connectivity index (χ3n) is 2.82. The van der Waals surface area contributed by atoms with E-state index in [9.17, 15) is 4.39 Å². The van der Waals surface area contributed by atoms with Gasteiger partial charge in [0, 0.05) is 18.6 Å². The zero-order chi connectivity index (χ0) is 12.7. The third-order valence-corrected chi connectivity index (χ3v) is 3.14. The monoisotopic (exact) mass is 261 g/mol. The molecule has 0 amide bonds. The van der Waals surface area contributed by atoms with E-state index in [1.807, 2.05) is 6.07 Å². The van der Waals surface area contributed by atoms with Gasteiger partial charge in [-0.15, -0.1) is 0 Å². The lowest BCUT2D eigenvalue weighted by molar-refractivity contribution is 0.637. The second-order valence-corrected chi connectivity index (χ2v) is 4.37. The second-order valence-electron chi connectivity index (χ2n) is 3.97. The van der Waals surface area contributed by atoms with E-state index in [-0.39, 0.29) is 11.3 Å². The zero-order valence-corrected chi connectivity index (χ0v) is 10.3. The Bertz CT molecular complexity index is 736. The molecule has 3 aromatic rings. The molecular weight excluding hydrogens is 253 g/mol. The number of pyridine rings is 1. The van der Waals surface area contributed by atoms with Crippen molar-refractivity contribution in [1.29, 1.82) is 0 Å². The Hall–Kier alpha value is -1.94. The van der Waals surface area contributed by atoms with Crippen LogP contribution in [0.3, 0.4) is 0 Å². The first kappa shape index (κ1) is 11.2. The maximum absolute atomic E-state index is 13.7. The number of para-hydroxylation sites is 1. The fourth-order valence-electron chi connectivity index (χ4n) is 1.93. The highest BCUT2D eigenvalue weighted by Crippen LogP contribution is 2.28. The lowest BCUT2D eigenvalue weighted by Crippen LogP contribution is -1.96. The van der Waals surface area contributed by atoms with Crippen LogP contribution in [0.15, 0.2) is 36.5 Å². The topological polar surface area (TPSA) is 30.7 Å². The Balaban J connectivity index is 2.34. The van der Waals surface area contributed by atoms with Crippen LogP contribution in [0.25, 0.3) is 22.3 Å². The summed E-state index contributed by atoms with van der Waals surface area (Å²) in [6.07, 6.45) is 1.66. The summed E-state index contributed by atoms with van der Waals surface area (Å²) in [5.74, 6) is -0.376. The largest absolute Gasteiger partial charge is 0.266 e. The van der Waals surface area contributed by atoms with Crippen molar-refractivity contribution in [1.82, 2.24) is 14.8 Å². The predicted molar refractivity (Wildman–Crippen MR) is 68.9 cm³/mol. The fourth-order valence-corrected chi connectivity index (χ4v) is 2.18. The van der Waals surface area contributed by atoms with Crippen LogP contribution in [-0.4, -0.2) is 14.8 Å². The van der Waals surface area contributed by atoms with E-state index in [4.69, 9.17) is 11.6 Å². The first-order valence-electron chi connectivity index (χ1n) is 5.40. The molecule has 0 fully saturated rings. The molecule has 0 saturated carbocycles. The molecule has 90 valence electrons. The summed E-state index contributed by atoms with van der Waals surface area (Å²) in [5.41, 5.74) is 1.68. The number of aryl methyl sites for hydroxylation is 1. The van der Waals surface area contributed by atoms with Gasteiger partial charge < -0.3 is 0 Å². The summed E-state index contributed by atoms with van der Waals surface area (Å²) >= 11 is 6.17. The smallest absolute Gasteiger partial charge is 0.149 e. The molecule has 0 aliphatic heterocycles. The normalized spacial score (nSPS) is 11.1. The van der Waals surface area contributed by atoms with Gasteiger partial charge in [0.15, 0.2) is 0 Å². The van der Waals surface area contributed by atoms with Gasteiger partial charge in [0.25, 0.3) is 0 Å². The Morgan fingerprint density at radius 3 is 2.83 bits per heavy atom. The van der Waals surface area contributed by atoms with Gasteiger partial charge >= 0.3 is 0 Å². The predicted octanol–water partition coefficient (Wildman–Crippen LogP) is 3.43. The van der Waals surface area contributed by atoms with Crippen LogP contribution in [0.1, 0.15) is 0 Å². The molecule has 0 saturated heterocycles. The molecule has 0 N–H and O–H groups in total. The van der Waals surface area contributed by atoms with Crippen LogP contribution in [0.2, 0.25) is 5.02 Å². The van der Waals surface area contributed by atoms with Crippen LogP contribution in [0.5, 0.6) is 0 Å². The first-order chi connectivity index (χ1) is 8.66. The Morgan fingerprint density at radius 2 is 2.11 bits per heavy atom. The van der Waals surface area contributed by atoms with E-state index in [1.54, 1.807) is 36.1 Å². The van der Waals surface area contributed by atoms with Crippen molar-refractivity contribution in [2.75, 3.05) is 0 Å². The molecular formula is C13H9ClFN3. The Kier molecular flexibility index (Phi) is 2.52. The van der Waals surface area contributed by atoms with Gasteiger partial charge in [-0.1, -0.05) is 23.7 Å². The van der Waals surface area contributed by atoms with Gasteiger partial charge in [-0.05, 0) is 18.2 Å². The average molecular weight is 262 g/mol. The van der Waals surface area contributed by atoms with Crippen molar-refractivity contribution >= 4 is 22.5 Å². The molecule has 0 bridgehead atoms. The molecule has 3 rings (SSSR count). The molecule has 1 aromatic carbocycles. The van der Waals surface area contributed by atoms with E-state index < -0.39 is 0 Å².